The molecule has 0 aliphatic rings. The molecule has 0 aliphatic carbocycles. The van der Waals surface area contributed by atoms with E-state index in [-0.39, 0.29) is 61.7 Å². The maximum Gasteiger partial charge on any atom is 0.417 e. The number of hydrogen-bond donors (Lipinski definition) is 0. The van der Waals surface area contributed by atoms with E-state index in [1.54, 1.807) is 72.8 Å². The van der Waals surface area contributed by atoms with E-state index in [4.69, 9.17) is 0 Å². The number of alkyl halides is 6. The van der Waals surface area contributed by atoms with Crippen LogP contribution in [0.1, 0.15) is 50.1 Å². The second kappa shape index (κ2) is 18.5. The summed E-state index contributed by atoms with van der Waals surface area (Å²) in [7, 11) is 0. The molecule has 0 saturated carbocycles. The number of nitrogens with zero attached hydrogens (tertiary/aromatic N) is 9. The molecule has 0 saturated heterocycles. The Labute approximate surface area is 438 Å². The molecule has 11 aromatic rings. The molecule has 0 unspecified atom stereocenters. The lowest BCUT2D eigenvalue weighted by Gasteiger charge is -2.22. The number of para-hydroxylation sites is 2. The van der Waals surface area contributed by atoms with Crippen LogP contribution in [-0.4, -0.2) is 9.13 Å². The van der Waals surface area contributed by atoms with Crippen LogP contribution < -0.4 is 0 Å². The van der Waals surface area contributed by atoms with Crippen molar-refractivity contribution in [3.8, 4) is 98.4 Å². The smallest absolute Gasteiger partial charge is 0.309 e. The van der Waals surface area contributed by atoms with Gasteiger partial charge in [0, 0.05) is 43.8 Å². The van der Waals surface area contributed by atoms with Crippen LogP contribution in [0.3, 0.4) is 0 Å². The van der Waals surface area contributed by atoms with Crippen LogP contribution >= 0.6 is 0 Å². The molecule has 11 rings (SSSR count). The molecule has 9 aromatic carbocycles. The summed E-state index contributed by atoms with van der Waals surface area (Å²) in [5, 5.41) is 74.0. The standard InChI is InChI=1S/C63H27F6N9/c64-62(65,66)45-15-16-46(52(27-45)63(67,68)69)37-12-17-57(77-53-9-3-1-7-47(53)49-25-38(13-18-55(49)77)59-41(31-73)20-35(28-70)21-42(59)32-74)51(24-37)61-40(30-72)6-5-11-58(61)78-54-10-4-2-8-48(54)50-26-39(14-19-56(50)78)60-43(33-75)22-36(29-71)23-44(60)34-76/h1-27H. The fourth-order valence-corrected chi connectivity index (χ4v) is 10.6. The highest BCUT2D eigenvalue weighted by atomic mass is 19.4. The van der Waals surface area contributed by atoms with Crippen LogP contribution in [0.25, 0.3) is 99.5 Å². The van der Waals surface area contributed by atoms with E-state index >= 15 is 13.2 Å². The van der Waals surface area contributed by atoms with Crippen molar-refractivity contribution in [3.63, 3.8) is 0 Å². The number of rotatable bonds is 6. The summed E-state index contributed by atoms with van der Waals surface area (Å²) in [6, 6.07) is 56.1. The van der Waals surface area contributed by atoms with Crippen molar-refractivity contribution in [1.29, 1.82) is 36.8 Å². The molecule has 0 atom stereocenters. The second-order valence-corrected chi connectivity index (χ2v) is 18.0. The summed E-state index contributed by atoms with van der Waals surface area (Å²) >= 11 is 0. The minimum absolute atomic E-state index is 0.0729. The Morgan fingerprint density at radius 2 is 0.782 bits per heavy atom. The normalized spacial score (nSPS) is 11.4. The zero-order chi connectivity index (χ0) is 54.8. The third-order valence-corrected chi connectivity index (χ3v) is 13.8. The van der Waals surface area contributed by atoms with E-state index < -0.39 is 29.0 Å². The van der Waals surface area contributed by atoms with Crippen LogP contribution in [0.4, 0.5) is 26.3 Å². The van der Waals surface area contributed by atoms with E-state index in [1.807, 2.05) is 57.7 Å². The molecule has 0 fully saturated rings. The Balaban J connectivity index is 1.24. The van der Waals surface area contributed by atoms with Gasteiger partial charge >= 0.3 is 12.4 Å². The molecule has 0 N–H and O–H groups in total. The average Bonchev–Trinajstić information content (AvgIpc) is 4.20. The monoisotopic (exact) mass is 1020 g/mol. The Kier molecular flexibility index (Phi) is 11.6. The topological polar surface area (TPSA) is 176 Å². The van der Waals surface area contributed by atoms with Crippen molar-refractivity contribution in [2.45, 2.75) is 12.4 Å². The predicted octanol–water partition coefficient (Wildman–Crippen LogP) is 15.7. The van der Waals surface area contributed by atoms with E-state index in [0.29, 0.717) is 83.3 Å². The minimum atomic E-state index is -5.25. The SMILES string of the molecule is N#Cc1cc(C#N)c(-c2ccc3c(c2)c2ccccc2n3-c2ccc(-c3ccc(C(F)(F)F)cc3C(F)(F)F)cc2-c2c(C#N)cccc2-n2c3ccccc3c3cc(-c4c(C#N)cc(C#N)cc4C#N)ccc32)c(C#N)c1. The van der Waals surface area contributed by atoms with Gasteiger partial charge in [0.15, 0.2) is 0 Å². The van der Waals surface area contributed by atoms with E-state index in [2.05, 4.69) is 30.3 Å². The molecule has 0 aliphatic heterocycles. The molecule has 2 heterocycles. The van der Waals surface area contributed by atoms with Crippen LogP contribution in [0.15, 0.2) is 164 Å². The molecule has 0 amide bonds. The predicted molar refractivity (Wildman–Crippen MR) is 280 cm³/mol. The van der Waals surface area contributed by atoms with Gasteiger partial charge in [-0.15, -0.1) is 0 Å². The molecule has 15 heteroatoms. The lowest BCUT2D eigenvalue weighted by molar-refractivity contribution is -0.142. The highest BCUT2D eigenvalue weighted by Crippen LogP contribution is 2.47. The van der Waals surface area contributed by atoms with Gasteiger partial charge in [0.1, 0.15) is 0 Å². The fraction of sp³-hybridized carbons (Fsp3) is 0.0317. The zero-order valence-corrected chi connectivity index (χ0v) is 39.9. The van der Waals surface area contributed by atoms with Crippen molar-refractivity contribution in [2.75, 3.05) is 0 Å². The van der Waals surface area contributed by atoms with Gasteiger partial charge < -0.3 is 9.13 Å². The number of benzene rings is 9. The van der Waals surface area contributed by atoms with Crippen LogP contribution in [0, 0.1) is 79.3 Å². The number of hydrogen-bond acceptors (Lipinski definition) is 7. The van der Waals surface area contributed by atoms with Gasteiger partial charge in [-0.2, -0.15) is 63.2 Å². The first kappa shape index (κ1) is 48.8. The number of fused-ring (bicyclic) bond motifs is 6. The maximum atomic E-state index is 15.1. The number of nitriles is 7. The Morgan fingerprint density at radius 3 is 1.24 bits per heavy atom. The number of halogens is 6. The van der Waals surface area contributed by atoms with E-state index in [1.165, 1.54) is 36.4 Å². The largest absolute Gasteiger partial charge is 0.417 e. The molecular formula is C63H27F6N9. The van der Waals surface area contributed by atoms with Gasteiger partial charge in [-0.1, -0.05) is 66.7 Å². The van der Waals surface area contributed by atoms with Crippen molar-refractivity contribution in [2.24, 2.45) is 0 Å². The van der Waals surface area contributed by atoms with Crippen molar-refractivity contribution in [3.05, 3.63) is 214 Å². The molecule has 0 bridgehead atoms. The third-order valence-electron chi connectivity index (χ3n) is 13.8. The van der Waals surface area contributed by atoms with Crippen molar-refractivity contribution >= 4 is 43.6 Å². The van der Waals surface area contributed by atoms with Gasteiger partial charge in [-0.05, 0) is 119 Å². The van der Waals surface area contributed by atoms with E-state index in [0.717, 1.165) is 6.07 Å². The van der Waals surface area contributed by atoms with Gasteiger partial charge in [0.25, 0.3) is 0 Å². The quantitative estimate of drug-likeness (QED) is 0.149. The molecular weight excluding hydrogens is 997 g/mol. The molecule has 78 heavy (non-hydrogen) atoms. The molecule has 0 spiro atoms. The lowest BCUT2D eigenvalue weighted by Crippen LogP contribution is -2.12. The Morgan fingerprint density at radius 1 is 0.321 bits per heavy atom. The van der Waals surface area contributed by atoms with Crippen molar-refractivity contribution in [1.82, 2.24) is 9.13 Å². The number of aromatic nitrogens is 2. The average molecular weight is 1020 g/mol. The summed E-state index contributed by atoms with van der Waals surface area (Å²) in [6.45, 7) is 0. The van der Waals surface area contributed by atoms with Crippen LogP contribution in [0.5, 0.6) is 0 Å². The first-order chi connectivity index (χ1) is 37.6. The first-order valence-corrected chi connectivity index (χ1v) is 23.5. The van der Waals surface area contributed by atoms with Gasteiger partial charge in [0.05, 0.1) is 126 Å². The highest BCUT2D eigenvalue weighted by Gasteiger charge is 2.39. The zero-order valence-electron chi connectivity index (χ0n) is 39.9. The summed E-state index contributed by atoms with van der Waals surface area (Å²) in [4.78, 5) is 0. The summed E-state index contributed by atoms with van der Waals surface area (Å²) in [5.74, 6) is 0. The third kappa shape index (κ3) is 7.83. The van der Waals surface area contributed by atoms with Crippen LogP contribution in [-0.2, 0) is 12.4 Å². The lowest BCUT2D eigenvalue weighted by atomic mass is 9.90. The summed E-state index contributed by atoms with van der Waals surface area (Å²) < 4.78 is 91.2. The Bertz CT molecular complexity index is 4690. The molecule has 2 aromatic heterocycles. The maximum absolute atomic E-state index is 15.1. The molecule has 9 nitrogen and oxygen atoms in total. The fourth-order valence-electron chi connectivity index (χ4n) is 10.6. The highest BCUT2D eigenvalue weighted by molar-refractivity contribution is 6.13. The molecule has 366 valence electrons. The van der Waals surface area contributed by atoms with E-state index in [9.17, 15) is 50.0 Å². The first-order valence-electron chi connectivity index (χ1n) is 23.5. The second-order valence-electron chi connectivity index (χ2n) is 18.0. The van der Waals surface area contributed by atoms with Crippen LogP contribution in [0.2, 0.25) is 0 Å². The molecule has 0 radical (unpaired) electrons. The summed E-state index contributed by atoms with van der Waals surface area (Å²) in [6.07, 6.45) is -10.3. The minimum Gasteiger partial charge on any atom is -0.309 e. The summed E-state index contributed by atoms with van der Waals surface area (Å²) in [5.41, 5.74) is 1.98. The van der Waals surface area contributed by atoms with Gasteiger partial charge in [-0.3, -0.25) is 0 Å². The Hall–Kier alpha value is -11.4. The van der Waals surface area contributed by atoms with Crippen molar-refractivity contribution < 1.29 is 26.3 Å². The van der Waals surface area contributed by atoms with Gasteiger partial charge in [-0.25, -0.2) is 0 Å². The van der Waals surface area contributed by atoms with Gasteiger partial charge in [0.2, 0.25) is 0 Å².